The second-order valence-electron chi connectivity index (χ2n) is 5.74. The number of benzene rings is 2. The van der Waals surface area contributed by atoms with Crippen LogP contribution in [-0.4, -0.2) is 35.6 Å². The number of rotatable bonds is 6. The molecule has 4 rings (SSSR count). The molecular formula is C19H16BrN3O4. The lowest BCUT2D eigenvalue weighted by molar-refractivity contribution is 0.0941. The maximum Gasteiger partial charge on any atom is 0.271 e. The molecule has 0 fully saturated rings. The van der Waals surface area contributed by atoms with E-state index in [4.69, 9.17) is 14.2 Å². The maximum atomic E-state index is 12.2. The van der Waals surface area contributed by atoms with Crippen LogP contribution in [0.15, 0.2) is 59.2 Å². The first-order valence-electron chi connectivity index (χ1n) is 8.31. The lowest BCUT2D eigenvalue weighted by Gasteiger charge is -2.07. The molecule has 2 aromatic carbocycles. The molecule has 138 valence electrons. The first kappa shape index (κ1) is 17.4. The van der Waals surface area contributed by atoms with Crippen molar-refractivity contribution in [3.63, 3.8) is 0 Å². The number of carbonyl (C=O) groups excluding carboxylic acids is 1. The van der Waals surface area contributed by atoms with Gasteiger partial charge in [-0.2, -0.15) is 5.10 Å². The van der Waals surface area contributed by atoms with Crippen LogP contribution >= 0.6 is 15.9 Å². The van der Waals surface area contributed by atoms with E-state index in [2.05, 4.69) is 26.3 Å². The summed E-state index contributed by atoms with van der Waals surface area (Å²) in [5.74, 6) is 1.77. The standard InChI is InChI=1S/C19H16BrN3O4/c20-13-2-1-3-14(10-13)23-8-6-16(22-23)19(24)21-7-9-25-15-4-5-17-18(11-15)27-12-26-17/h1-6,8,10-11H,7,9,12H2,(H,21,24). The number of ether oxygens (including phenoxy) is 3. The molecule has 0 unspecified atom stereocenters. The van der Waals surface area contributed by atoms with Gasteiger partial charge >= 0.3 is 0 Å². The molecule has 27 heavy (non-hydrogen) atoms. The summed E-state index contributed by atoms with van der Waals surface area (Å²) in [6.45, 7) is 0.913. The normalized spacial score (nSPS) is 12.0. The zero-order chi connectivity index (χ0) is 18.6. The van der Waals surface area contributed by atoms with E-state index in [0.29, 0.717) is 36.1 Å². The zero-order valence-corrected chi connectivity index (χ0v) is 15.8. The number of nitrogens with one attached hydrogen (secondary N) is 1. The number of aromatic nitrogens is 2. The van der Waals surface area contributed by atoms with Crippen LogP contribution in [0.5, 0.6) is 17.2 Å². The molecule has 0 atom stereocenters. The smallest absolute Gasteiger partial charge is 0.271 e. The van der Waals surface area contributed by atoms with Gasteiger partial charge in [-0.3, -0.25) is 4.79 Å². The SMILES string of the molecule is O=C(NCCOc1ccc2c(c1)OCO2)c1ccn(-c2cccc(Br)c2)n1. The minimum absolute atomic E-state index is 0.224. The summed E-state index contributed by atoms with van der Waals surface area (Å²) >= 11 is 3.42. The molecule has 1 aliphatic rings. The predicted octanol–water partition coefficient (Wildman–Crippen LogP) is 3.17. The Hall–Kier alpha value is -3.00. The Balaban J connectivity index is 1.28. The second kappa shape index (κ2) is 7.71. The van der Waals surface area contributed by atoms with Crippen molar-refractivity contribution in [2.45, 2.75) is 0 Å². The molecule has 3 aromatic rings. The Morgan fingerprint density at radius 2 is 2.07 bits per heavy atom. The fourth-order valence-corrected chi connectivity index (χ4v) is 2.99. The summed E-state index contributed by atoms with van der Waals surface area (Å²) in [6.07, 6.45) is 1.75. The maximum absolute atomic E-state index is 12.2. The average molecular weight is 430 g/mol. The predicted molar refractivity (Wildman–Crippen MR) is 102 cm³/mol. The highest BCUT2D eigenvalue weighted by Gasteiger charge is 2.14. The summed E-state index contributed by atoms with van der Waals surface area (Å²) in [6, 6.07) is 14.7. The van der Waals surface area contributed by atoms with Crippen LogP contribution in [0.3, 0.4) is 0 Å². The molecule has 1 amide bonds. The van der Waals surface area contributed by atoms with Crippen LogP contribution < -0.4 is 19.5 Å². The fourth-order valence-electron chi connectivity index (χ4n) is 2.60. The molecule has 1 aliphatic heterocycles. The molecule has 8 heteroatoms. The molecule has 1 aromatic heterocycles. The summed E-state index contributed by atoms with van der Waals surface area (Å²) in [5, 5.41) is 7.10. The molecule has 1 N–H and O–H groups in total. The van der Waals surface area contributed by atoms with Crippen molar-refractivity contribution in [2.75, 3.05) is 19.9 Å². The highest BCUT2D eigenvalue weighted by atomic mass is 79.9. The fraction of sp³-hybridized carbons (Fsp3) is 0.158. The number of hydrogen-bond donors (Lipinski definition) is 1. The quantitative estimate of drug-likeness (QED) is 0.609. The van der Waals surface area contributed by atoms with Gasteiger partial charge in [0.15, 0.2) is 17.2 Å². The van der Waals surface area contributed by atoms with E-state index < -0.39 is 0 Å². The van der Waals surface area contributed by atoms with E-state index in [-0.39, 0.29) is 12.7 Å². The number of fused-ring (bicyclic) bond motifs is 1. The number of hydrogen-bond acceptors (Lipinski definition) is 5. The van der Waals surface area contributed by atoms with Crippen LogP contribution in [0.2, 0.25) is 0 Å². The van der Waals surface area contributed by atoms with Gasteiger partial charge in [0.05, 0.1) is 12.2 Å². The molecule has 0 saturated carbocycles. The number of carbonyl (C=O) groups is 1. The van der Waals surface area contributed by atoms with E-state index in [1.807, 2.05) is 24.3 Å². The molecule has 0 spiro atoms. The monoisotopic (exact) mass is 429 g/mol. The minimum atomic E-state index is -0.252. The van der Waals surface area contributed by atoms with E-state index in [9.17, 15) is 4.79 Å². The Morgan fingerprint density at radius 3 is 2.96 bits per heavy atom. The van der Waals surface area contributed by atoms with Crippen molar-refractivity contribution in [3.05, 3.63) is 64.9 Å². The van der Waals surface area contributed by atoms with Crippen molar-refractivity contribution in [3.8, 4) is 22.9 Å². The minimum Gasteiger partial charge on any atom is -0.492 e. The van der Waals surface area contributed by atoms with Crippen molar-refractivity contribution in [1.29, 1.82) is 0 Å². The highest BCUT2D eigenvalue weighted by Crippen LogP contribution is 2.34. The first-order valence-corrected chi connectivity index (χ1v) is 9.10. The van der Waals surface area contributed by atoms with Crippen LogP contribution in [0, 0.1) is 0 Å². The largest absolute Gasteiger partial charge is 0.492 e. The third-order valence-electron chi connectivity index (χ3n) is 3.89. The number of amides is 1. The first-order chi connectivity index (χ1) is 13.2. The number of nitrogens with zero attached hydrogens (tertiary/aromatic N) is 2. The van der Waals surface area contributed by atoms with Gasteiger partial charge in [-0.05, 0) is 36.4 Å². The van der Waals surface area contributed by atoms with Gasteiger partial charge in [-0.1, -0.05) is 22.0 Å². The summed E-state index contributed by atoms with van der Waals surface area (Å²) in [4.78, 5) is 12.2. The molecule has 0 aliphatic carbocycles. The Labute approximate surface area is 164 Å². The third kappa shape index (κ3) is 4.06. The zero-order valence-electron chi connectivity index (χ0n) is 14.2. The van der Waals surface area contributed by atoms with Gasteiger partial charge < -0.3 is 19.5 Å². The lowest BCUT2D eigenvalue weighted by atomic mass is 10.3. The molecule has 2 heterocycles. The molecule has 0 saturated heterocycles. The molecular weight excluding hydrogens is 414 g/mol. The number of halogens is 1. The van der Waals surface area contributed by atoms with Crippen LogP contribution in [0.4, 0.5) is 0 Å². The van der Waals surface area contributed by atoms with E-state index >= 15 is 0 Å². The van der Waals surface area contributed by atoms with E-state index in [1.165, 1.54) is 0 Å². The van der Waals surface area contributed by atoms with Crippen LogP contribution in [0.25, 0.3) is 5.69 Å². The van der Waals surface area contributed by atoms with Crippen molar-refractivity contribution in [2.24, 2.45) is 0 Å². The van der Waals surface area contributed by atoms with Crippen molar-refractivity contribution in [1.82, 2.24) is 15.1 Å². The Morgan fingerprint density at radius 1 is 1.19 bits per heavy atom. The van der Waals surface area contributed by atoms with E-state index in [0.717, 1.165) is 10.2 Å². The summed E-state index contributed by atoms with van der Waals surface area (Å²) < 4.78 is 18.8. The second-order valence-corrected chi connectivity index (χ2v) is 6.66. The van der Waals surface area contributed by atoms with Gasteiger partial charge in [-0.25, -0.2) is 4.68 Å². The Bertz CT molecular complexity index is 973. The molecule has 7 nitrogen and oxygen atoms in total. The van der Waals surface area contributed by atoms with E-state index in [1.54, 1.807) is 35.1 Å². The summed E-state index contributed by atoms with van der Waals surface area (Å²) in [5.41, 5.74) is 1.22. The topological polar surface area (TPSA) is 74.6 Å². The van der Waals surface area contributed by atoms with Crippen molar-refractivity contribution < 1.29 is 19.0 Å². The van der Waals surface area contributed by atoms with Gasteiger partial charge in [-0.15, -0.1) is 0 Å². The third-order valence-corrected chi connectivity index (χ3v) is 4.39. The average Bonchev–Trinajstić information content (AvgIpc) is 3.34. The lowest BCUT2D eigenvalue weighted by Crippen LogP contribution is -2.28. The molecule has 0 bridgehead atoms. The van der Waals surface area contributed by atoms with Crippen LogP contribution in [-0.2, 0) is 0 Å². The van der Waals surface area contributed by atoms with Gasteiger partial charge in [0.25, 0.3) is 5.91 Å². The van der Waals surface area contributed by atoms with Gasteiger partial charge in [0, 0.05) is 16.7 Å². The molecule has 0 radical (unpaired) electrons. The van der Waals surface area contributed by atoms with Crippen molar-refractivity contribution >= 4 is 21.8 Å². The van der Waals surface area contributed by atoms with Gasteiger partial charge in [0.2, 0.25) is 6.79 Å². The summed E-state index contributed by atoms with van der Waals surface area (Å²) in [7, 11) is 0. The highest BCUT2D eigenvalue weighted by molar-refractivity contribution is 9.10. The van der Waals surface area contributed by atoms with Crippen LogP contribution in [0.1, 0.15) is 10.5 Å². The van der Waals surface area contributed by atoms with Gasteiger partial charge in [0.1, 0.15) is 12.4 Å². The Kier molecular flexibility index (Phi) is 4.97.